The second-order valence-electron chi connectivity index (χ2n) is 4.18. The number of halogens is 2. The fourth-order valence-corrected chi connectivity index (χ4v) is 2.55. The van der Waals surface area contributed by atoms with E-state index in [0.29, 0.717) is 27.6 Å². The Morgan fingerprint density at radius 3 is 2.35 bits per heavy atom. The normalized spacial score (nSPS) is 12.1. The first kappa shape index (κ1) is 15.2. The molecule has 20 heavy (non-hydrogen) atoms. The Hall–Kier alpha value is -1.23. The van der Waals surface area contributed by atoms with E-state index >= 15 is 0 Å². The highest BCUT2D eigenvalue weighted by Crippen LogP contribution is 2.35. The van der Waals surface area contributed by atoms with Crippen molar-refractivity contribution in [2.24, 2.45) is 0 Å². The van der Waals surface area contributed by atoms with Crippen molar-refractivity contribution in [1.82, 2.24) is 0 Å². The third kappa shape index (κ3) is 3.08. The minimum atomic E-state index is -0.818. The highest BCUT2D eigenvalue weighted by molar-refractivity contribution is 9.10. The molecule has 2 aromatic carbocycles. The molecule has 0 radical (unpaired) electrons. The molecule has 1 atom stereocenters. The summed E-state index contributed by atoms with van der Waals surface area (Å²) >= 11 is 9.46. The Morgan fingerprint density at radius 1 is 1.05 bits per heavy atom. The molecule has 2 aromatic rings. The number of aliphatic hydroxyl groups excluding tert-OH is 1. The SMILES string of the molecule is COc1ccc(C(O)c2ccc(Br)cc2OC)cc1Cl. The molecule has 0 spiro atoms. The van der Waals surface area contributed by atoms with E-state index in [1.54, 1.807) is 32.4 Å². The molecule has 1 N–H and O–H groups in total. The van der Waals surface area contributed by atoms with Gasteiger partial charge in [0.05, 0.1) is 19.2 Å². The van der Waals surface area contributed by atoms with Crippen molar-refractivity contribution < 1.29 is 14.6 Å². The molecule has 0 aromatic heterocycles. The predicted octanol–water partition coefficient (Wildman–Crippen LogP) is 4.20. The fraction of sp³-hybridized carbons (Fsp3) is 0.200. The van der Waals surface area contributed by atoms with E-state index in [2.05, 4.69) is 15.9 Å². The van der Waals surface area contributed by atoms with Crippen molar-refractivity contribution in [3.8, 4) is 11.5 Å². The first-order valence-electron chi connectivity index (χ1n) is 5.91. The van der Waals surface area contributed by atoms with E-state index in [4.69, 9.17) is 21.1 Å². The van der Waals surface area contributed by atoms with E-state index in [-0.39, 0.29) is 0 Å². The molecular weight excluding hydrogens is 344 g/mol. The van der Waals surface area contributed by atoms with Crippen molar-refractivity contribution in [3.05, 3.63) is 57.0 Å². The Balaban J connectivity index is 2.40. The Labute approximate surface area is 131 Å². The van der Waals surface area contributed by atoms with Crippen LogP contribution in [0.15, 0.2) is 40.9 Å². The molecule has 0 aliphatic heterocycles. The summed E-state index contributed by atoms with van der Waals surface area (Å²) in [5, 5.41) is 10.9. The first-order valence-corrected chi connectivity index (χ1v) is 7.09. The van der Waals surface area contributed by atoms with Crippen LogP contribution in [0.25, 0.3) is 0 Å². The van der Waals surface area contributed by atoms with E-state index in [0.717, 1.165) is 4.47 Å². The van der Waals surface area contributed by atoms with Gasteiger partial charge in [-0.15, -0.1) is 0 Å². The second-order valence-corrected chi connectivity index (χ2v) is 5.51. The van der Waals surface area contributed by atoms with Crippen LogP contribution >= 0.6 is 27.5 Å². The molecule has 0 aliphatic rings. The molecule has 1 unspecified atom stereocenters. The third-order valence-electron chi connectivity index (χ3n) is 2.98. The smallest absolute Gasteiger partial charge is 0.137 e. The van der Waals surface area contributed by atoms with E-state index in [1.165, 1.54) is 0 Å². The quantitative estimate of drug-likeness (QED) is 0.891. The summed E-state index contributed by atoms with van der Waals surface area (Å²) in [5.41, 5.74) is 1.35. The van der Waals surface area contributed by atoms with Crippen molar-refractivity contribution in [3.63, 3.8) is 0 Å². The van der Waals surface area contributed by atoms with Gasteiger partial charge in [-0.2, -0.15) is 0 Å². The number of hydrogen-bond acceptors (Lipinski definition) is 3. The van der Waals surface area contributed by atoms with Crippen LogP contribution in [0, 0.1) is 0 Å². The summed E-state index contributed by atoms with van der Waals surface area (Å²) in [7, 11) is 3.12. The van der Waals surface area contributed by atoms with Gasteiger partial charge in [-0.25, -0.2) is 0 Å². The molecule has 106 valence electrons. The maximum Gasteiger partial charge on any atom is 0.137 e. The molecule has 0 amide bonds. The lowest BCUT2D eigenvalue weighted by Gasteiger charge is -2.16. The van der Waals surface area contributed by atoms with E-state index in [1.807, 2.05) is 18.2 Å². The summed E-state index contributed by atoms with van der Waals surface area (Å²) in [5.74, 6) is 1.18. The highest BCUT2D eigenvalue weighted by atomic mass is 79.9. The Morgan fingerprint density at radius 2 is 1.75 bits per heavy atom. The maximum atomic E-state index is 10.5. The molecular formula is C15H14BrClO3. The first-order chi connectivity index (χ1) is 9.56. The average molecular weight is 358 g/mol. The maximum absolute atomic E-state index is 10.5. The number of aliphatic hydroxyl groups is 1. The highest BCUT2D eigenvalue weighted by Gasteiger charge is 2.17. The number of benzene rings is 2. The zero-order valence-corrected chi connectivity index (χ0v) is 13.4. The monoisotopic (exact) mass is 356 g/mol. The van der Waals surface area contributed by atoms with Gasteiger partial charge in [-0.05, 0) is 29.8 Å². The topological polar surface area (TPSA) is 38.7 Å². The van der Waals surface area contributed by atoms with Crippen LogP contribution in [-0.2, 0) is 0 Å². The lowest BCUT2D eigenvalue weighted by molar-refractivity contribution is 0.214. The van der Waals surface area contributed by atoms with Crippen LogP contribution in [0.3, 0.4) is 0 Å². The standard InChI is InChI=1S/C15H14BrClO3/c1-19-13-6-3-9(7-12(13)17)15(18)11-5-4-10(16)8-14(11)20-2/h3-8,15,18H,1-2H3. The minimum Gasteiger partial charge on any atom is -0.496 e. The molecule has 0 bridgehead atoms. The third-order valence-corrected chi connectivity index (χ3v) is 3.77. The number of methoxy groups -OCH3 is 2. The van der Waals surface area contributed by atoms with E-state index in [9.17, 15) is 5.11 Å². The zero-order valence-electron chi connectivity index (χ0n) is 11.1. The van der Waals surface area contributed by atoms with Gasteiger partial charge in [0.2, 0.25) is 0 Å². The largest absolute Gasteiger partial charge is 0.496 e. The molecule has 0 fully saturated rings. The predicted molar refractivity (Wildman–Crippen MR) is 82.8 cm³/mol. The van der Waals surface area contributed by atoms with Gasteiger partial charge in [0.15, 0.2) is 0 Å². The lowest BCUT2D eigenvalue weighted by atomic mass is 10.0. The van der Waals surface area contributed by atoms with E-state index < -0.39 is 6.10 Å². The molecule has 3 nitrogen and oxygen atoms in total. The van der Waals surface area contributed by atoms with Crippen molar-refractivity contribution in [1.29, 1.82) is 0 Å². The molecule has 2 rings (SSSR count). The molecule has 0 aliphatic carbocycles. The van der Waals surface area contributed by atoms with Crippen LogP contribution in [0.5, 0.6) is 11.5 Å². The summed E-state index contributed by atoms with van der Waals surface area (Å²) < 4.78 is 11.3. The van der Waals surface area contributed by atoms with Crippen LogP contribution in [0.4, 0.5) is 0 Å². The van der Waals surface area contributed by atoms with Gasteiger partial charge in [-0.3, -0.25) is 0 Å². The van der Waals surface area contributed by atoms with Crippen LogP contribution < -0.4 is 9.47 Å². The van der Waals surface area contributed by atoms with Gasteiger partial charge < -0.3 is 14.6 Å². The molecule has 0 saturated carbocycles. The Kier molecular flexibility index (Phi) is 4.91. The number of ether oxygens (including phenoxy) is 2. The summed E-state index contributed by atoms with van der Waals surface area (Å²) in [6.45, 7) is 0. The summed E-state index contributed by atoms with van der Waals surface area (Å²) in [6, 6.07) is 10.7. The van der Waals surface area contributed by atoms with Gasteiger partial charge in [-0.1, -0.05) is 39.7 Å². The molecule has 0 saturated heterocycles. The van der Waals surface area contributed by atoms with Crippen molar-refractivity contribution in [2.45, 2.75) is 6.10 Å². The summed E-state index contributed by atoms with van der Waals surface area (Å²) in [6.07, 6.45) is -0.818. The van der Waals surface area contributed by atoms with Crippen molar-refractivity contribution in [2.75, 3.05) is 14.2 Å². The van der Waals surface area contributed by atoms with Crippen LogP contribution in [-0.4, -0.2) is 19.3 Å². The van der Waals surface area contributed by atoms with Gasteiger partial charge in [0, 0.05) is 10.0 Å². The van der Waals surface area contributed by atoms with Crippen LogP contribution in [0.2, 0.25) is 5.02 Å². The zero-order chi connectivity index (χ0) is 14.7. The lowest BCUT2D eigenvalue weighted by Crippen LogP contribution is -2.02. The second kappa shape index (κ2) is 6.48. The van der Waals surface area contributed by atoms with Gasteiger partial charge >= 0.3 is 0 Å². The minimum absolute atomic E-state index is 0.458. The number of hydrogen-bond donors (Lipinski definition) is 1. The van der Waals surface area contributed by atoms with Gasteiger partial charge in [0.1, 0.15) is 17.6 Å². The molecule has 0 heterocycles. The summed E-state index contributed by atoms with van der Waals surface area (Å²) in [4.78, 5) is 0. The fourth-order valence-electron chi connectivity index (χ4n) is 1.94. The van der Waals surface area contributed by atoms with Crippen molar-refractivity contribution >= 4 is 27.5 Å². The number of rotatable bonds is 4. The molecule has 5 heteroatoms. The van der Waals surface area contributed by atoms with Crippen LogP contribution in [0.1, 0.15) is 17.2 Å². The Bertz CT molecular complexity index is 616. The van der Waals surface area contributed by atoms with Gasteiger partial charge in [0.25, 0.3) is 0 Å². The average Bonchev–Trinajstić information content (AvgIpc) is 2.46.